The lowest BCUT2D eigenvalue weighted by atomic mass is 10.1. The first-order valence-electron chi connectivity index (χ1n) is 9.50. The number of aromatic nitrogens is 2. The third kappa shape index (κ3) is 4.47. The van der Waals surface area contributed by atoms with Gasteiger partial charge in [-0.05, 0) is 66.2 Å². The molecule has 0 bridgehead atoms. The molecule has 164 valence electrons. The van der Waals surface area contributed by atoms with Gasteiger partial charge in [0.05, 0.1) is 16.2 Å². The predicted octanol–water partition coefficient (Wildman–Crippen LogP) is 5.78. The molecule has 0 radical (unpaired) electrons. The molecule has 0 amide bonds. The SMILES string of the molecule is CC(=O)c1c([S+]([O-])Cc2cc(C)on2)nc2c(Br)ccc(Cl)c2c1Nc1ccc(N)cc1. The minimum absolute atomic E-state index is 0.0512. The van der Waals surface area contributed by atoms with E-state index < -0.39 is 11.2 Å². The number of pyridine rings is 1. The summed E-state index contributed by atoms with van der Waals surface area (Å²) in [4.78, 5) is 17.4. The molecule has 4 rings (SSSR count). The second-order valence-electron chi connectivity index (χ2n) is 7.14. The van der Waals surface area contributed by atoms with Crippen molar-refractivity contribution in [1.29, 1.82) is 0 Å². The van der Waals surface area contributed by atoms with Crippen molar-refractivity contribution in [3.8, 4) is 0 Å². The van der Waals surface area contributed by atoms with Gasteiger partial charge in [-0.25, -0.2) is 0 Å². The van der Waals surface area contributed by atoms with Crippen molar-refractivity contribution >= 4 is 72.5 Å². The smallest absolute Gasteiger partial charge is 0.258 e. The molecular weight excluding hydrogens is 516 g/mol. The summed E-state index contributed by atoms with van der Waals surface area (Å²) in [6.07, 6.45) is 0. The molecule has 0 saturated heterocycles. The number of carbonyl (C=O) groups is 1. The highest BCUT2D eigenvalue weighted by Crippen LogP contribution is 2.40. The predicted molar refractivity (Wildman–Crippen MR) is 130 cm³/mol. The number of Topliss-reactive ketones (excluding diaryl/α,β-unsaturated/α-hetero) is 1. The van der Waals surface area contributed by atoms with Crippen molar-refractivity contribution in [3.63, 3.8) is 0 Å². The Morgan fingerprint density at radius 3 is 2.62 bits per heavy atom. The second kappa shape index (κ2) is 9.11. The molecule has 0 aliphatic carbocycles. The van der Waals surface area contributed by atoms with Crippen LogP contribution in [0.15, 0.2) is 56.5 Å². The van der Waals surface area contributed by atoms with Crippen molar-refractivity contribution in [2.75, 3.05) is 11.1 Å². The number of nitrogens with zero attached hydrogens (tertiary/aromatic N) is 2. The standard InChI is InChI=1S/C22H18BrClN4O3S/c1-11-9-15(28-31-11)10-32(30)22-18(12(2)29)21(26-14-5-3-13(25)4-6-14)19-17(24)8-7-16(23)20(19)27-22/h3-9H,10,25H2,1-2H3,(H,26,27). The van der Waals surface area contributed by atoms with Crippen LogP contribution in [-0.2, 0) is 16.9 Å². The summed E-state index contributed by atoms with van der Waals surface area (Å²) in [7, 11) is 0. The quantitative estimate of drug-likeness (QED) is 0.183. The van der Waals surface area contributed by atoms with Gasteiger partial charge in [0.15, 0.2) is 11.5 Å². The van der Waals surface area contributed by atoms with Gasteiger partial charge in [-0.1, -0.05) is 16.8 Å². The number of carbonyl (C=O) groups excluding carboxylic acids is 1. The van der Waals surface area contributed by atoms with Crippen molar-refractivity contribution in [3.05, 3.63) is 69.0 Å². The minimum Gasteiger partial charge on any atom is -0.610 e. The fourth-order valence-corrected chi connectivity index (χ4v) is 5.17. The van der Waals surface area contributed by atoms with E-state index in [1.807, 2.05) is 0 Å². The lowest BCUT2D eigenvalue weighted by molar-refractivity contribution is 0.101. The monoisotopic (exact) mass is 532 g/mol. The number of benzene rings is 2. The van der Waals surface area contributed by atoms with Gasteiger partial charge in [-0.2, -0.15) is 4.98 Å². The maximum absolute atomic E-state index is 13.4. The molecule has 2 heterocycles. The fraction of sp³-hybridized carbons (Fsp3) is 0.136. The molecule has 0 spiro atoms. The maximum atomic E-state index is 13.4. The van der Waals surface area contributed by atoms with Crippen molar-refractivity contribution in [1.82, 2.24) is 10.1 Å². The number of ketones is 1. The number of anilines is 3. The lowest BCUT2D eigenvalue weighted by Crippen LogP contribution is -2.15. The zero-order chi connectivity index (χ0) is 23.0. The summed E-state index contributed by atoms with van der Waals surface area (Å²) in [5, 5.41) is 8.27. The average molecular weight is 534 g/mol. The zero-order valence-corrected chi connectivity index (χ0v) is 20.3. The van der Waals surface area contributed by atoms with Gasteiger partial charge >= 0.3 is 0 Å². The Bertz CT molecular complexity index is 1330. The molecule has 2 aromatic carbocycles. The van der Waals surface area contributed by atoms with Crippen LogP contribution in [0.3, 0.4) is 0 Å². The number of rotatable bonds is 6. The molecule has 0 fully saturated rings. The summed E-state index contributed by atoms with van der Waals surface area (Å²) in [6, 6.07) is 12.2. The average Bonchev–Trinajstić information content (AvgIpc) is 3.16. The van der Waals surface area contributed by atoms with Crippen LogP contribution >= 0.6 is 27.5 Å². The van der Waals surface area contributed by atoms with Crippen LogP contribution < -0.4 is 11.1 Å². The highest BCUT2D eigenvalue weighted by atomic mass is 79.9. The molecule has 0 aliphatic rings. The summed E-state index contributed by atoms with van der Waals surface area (Å²) >= 11 is 8.36. The van der Waals surface area contributed by atoms with Crippen LogP contribution in [0.4, 0.5) is 17.1 Å². The number of nitrogen functional groups attached to an aromatic ring is 1. The van der Waals surface area contributed by atoms with E-state index in [9.17, 15) is 9.35 Å². The third-order valence-electron chi connectivity index (χ3n) is 4.71. The first-order chi connectivity index (χ1) is 15.2. The van der Waals surface area contributed by atoms with E-state index >= 15 is 0 Å². The molecule has 2 aromatic heterocycles. The van der Waals surface area contributed by atoms with Crippen LogP contribution in [0.1, 0.15) is 28.7 Å². The molecule has 10 heteroatoms. The van der Waals surface area contributed by atoms with Gasteiger partial charge in [0.25, 0.3) is 5.03 Å². The Hall–Kier alpha value is -2.59. The summed E-state index contributed by atoms with van der Waals surface area (Å²) < 4.78 is 19.1. The van der Waals surface area contributed by atoms with Gasteiger partial charge in [-0.15, -0.1) is 0 Å². The van der Waals surface area contributed by atoms with E-state index in [0.29, 0.717) is 48.9 Å². The number of hydrogen-bond acceptors (Lipinski definition) is 7. The number of nitrogens with two attached hydrogens (primary N) is 1. The minimum atomic E-state index is -1.67. The van der Waals surface area contributed by atoms with Crippen LogP contribution in [0.2, 0.25) is 5.02 Å². The van der Waals surface area contributed by atoms with Gasteiger partial charge in [-0.3, -0.25) is 4.79 Å². The molecule has 1 atom stereocenters. The van der Waals surface area contributed by atoms with E-state index in [-0.39, 0.29) is 22.1 Å². The number of nitrogens with one attached hydrogen (secondary N) is 1. The van der Waals surface area contributed by atoms with E-state index in [2.05, 4.69) is 31.4 Å². The summed E-state index contributed by atoms with van der Waals surface area (Å²) in [6.45, 7) is 3.16. The summed E-state index contributed by atoms with van der Waals surface area (Å²) in [5.41, 5.74) is 8.72. The highest BCUT2D eigenvalue weighted by Gasteiger charge is 2.29. The molecule has 7 nitrogen and oxygen atoms in total. The zero-order valence-electron chi connectivity index (χ0n) is 17.1. The van der Waals surface area contributed by atoms with E-state index in [4.69, 9.17) is 21.9 Å². The molecule has 1 unspecified atom stereocenters. The van der Waals surface area contributed by atoms with Crippen LogP contribution in [0, 0.1) is 6.92 Å². The van der Waals surface area contributed by atoms with Gasteiger partial charge in [0.1, 0.15) is 17.0 Å². The Morgan fingerprint density at radius 2 is 2.00 bits per heavy atom. The normalized spacial score (nSPS) is 12.2. The highest BCUT2D eigenvalue weighted by molar-refractivity contribution is 9.10. The van der Waals surface area contributed by atoms with Gasteiger partial charge < -0.3 is 20.1 Å². The molecule has 3 N–H and O–H groups in total. The summed E-state index contributed by atoms with van der Waals surface area (Å²) in [5.74, 6) is 0.360. The van der Waals surface area contributed by atoms with Crippen molar-refractivity contribution in [2.45, 2.75) is 24.6 Å². The Balaban J connectivity index is 1.95. The number of hydrogen-bond donors (Lipinski definition) is 2. The van der Waals surface area contributed by atoms with Crippen LogP contribution in [0.5, 0.6) is 0 Å². The number of fused-ring (bicyclic) bond motifs is 1. The largest absolute Gasteiger partial charge is 0.610 e. The van der Waals surface area contributed by atoms with Crippen molar-refractivity contribution < 1.29 is 13.9 Å². The van der Waals surface area contributed by atoms with Crippen molar-refractivity contribution in [2.24, 2.45) is 0 Å². The molecular formula is C22H18BrClN4O3S. The molecule has 0 saturated carbocycles. The van der Waals surface area contributed by atoms with E-state index in [0.717, 1.165) is 0 Å². The maximum Gasteiger partial charge on any atom is 0.258 e. The Kier molecular flexibility index (Phi) is 6.43. The van der Waals surface area contributed by atoms with Gasteiger partial charge in [0, 0.05) is 38.5 Å². The van der Waals surface area contributed by atoms with E-state index in [1.54, 1.807) is 49.4 Å². The first-order valence-corrected chi connectivity index (χ1v) is 12.0. The second-order valence-corrected chi connectivity index (χ2v) is 9.77. The fourth-order valence-electron chi connectivity index (χ4n) is 3.29. The van der Waals surface area contributed by atoms with Gasteiger partial charge in [0.2, 0.25) is 0 Å². The lowest BCUT2D eigenvalue weighted by Gasteiger charge is -2.19. The Morgan fingerprint density at radius 1 is 1.28 bits per heavy atom. The first kappa shape index (κ1) is 22.6. The van der Waals surface area contributed by atoms with Crippen LogP contribution in [-0.4, -0.2) is 20.5 Å². The molecule has 4 aromatic rings. The molecule has 0 aliphatic heterocycles. The third-order valence-corrected chi connectivity index (χ3v) is 6.95. The topological polar surface area (TPSA) is 117 Å². The number of aryl methyl sites for hydroxylation is 1. The Labute approximate surface area is 200 Å². The van der Waals surface area contributed by atoms with E-state index in [1.165, 1.54) is 6.92 Å². The molecule has 32 heavy (non-hydrogen) atoms. The number of halogens is 2. The van der Waals surface area contributed by atoms with Crippen LogP contribution in [0.25, 0.3) is 10.9 Å².